The Morgan fingerprint density at radius 2 is 1.36 bits per heavy atom. The van der Waals surface area contributed by atoms with Crippen LogP contribution in [0, 0.1) is 0 Å². The summed E-state index contributed by atoms with van der Waals surface area (Å²) in [4.78, 5) is 0. The maximum Gasteiger partial charge on any atom is 0.423 e. The van der Waals surface area contributed by atoms with Crippen LogP contribution in [0.15, 0.2) is 24.1 Å². The number of halogens is 7. The molecule has 0 aromatic carbocycles. The molecule has 0 aliphatic carbocycles. The molecule has 0 unspecified atom stereocenters. The second kappa shape index (κ2) is 4.02. The van der Waals surface area contributed by atoms with E-state index in [4.69, 9.17) is 0 Å². The summed E-state index contributed by atoms with van der Waals surface area (Å²) in [5.74, 6) is -2.28. The molecule has 0 atom stereocenters. The van der Waals surface area contributed by atoms with Crippen molar-refractivity contribution in [3.8, 4) is 0 Å². The predicted molar refractivity (Wildman–Crippen MR) is 35.1 cm³/mol. The molecule has 0 aliphatic rings. The van der Waals surface area contributed by atoms with Gasteiger partial charge in [0.15, 0.2) is 5.57 Å². The molecule has 0 aliphatic heterocycles. The van der Waals surface area contributed by atoms with Gasteiger partial charge >= 0.3 is 12.4 Å². The minimum atomic E-state index is -5.74. The zero-order valence-corrected chi connectivity index (χ0v) is 6.64. The monoisotopic (exact) mass is 222 g/mol. The molecule has 0 radical (unpaired) electrons. The van der Waals surface area contributed by atoms with Crippen LogP contribution in [0.3, 0.4) is 0 Å². The van der Waals surface area contributed by atoms with Crippen LogP contribution in [0.4, 0.5) is 30.7 Å². The normalized spacial score (nSPS) is 12.5. The van der Waals surface area contributed by atoms with Crippen molar-refractivity contribution in [2.45, 2.75) is 18.8 Å². The first-order valence-electron chi connectivity index (χ1n) is 3.24. The number of allylic oxidation sites excluding steroid dienone is 3. The van der Waals surface area contributed by atoms with Gasteiger partial charge in [-0.05, 0) is 0 Å². The third-order valence-electron chi connectivity index (χ3n) is 1.16. The molecular formula is C7H5F7. The minimum Gasteiger partial charge on any atom is -0.211 e. The van der Waals surface area contributed by atoms with Crippen LogP contribution in [0.5, 0.6) is 0 Å². The summed E-state index contributed by atoms with van der Waals surface area (Å²) in [6, 6.07) is 0. The van der Waals surface area contributed by atoms with Gasteiger partial charge in [0.05, 0.1) is 0 Å². The summed E-state index contributed by atoms with van der Waals surface area (Å²) >= 11 is 0. The maximum absolute atomic E-state index is 12.4. The Balaban J connectivity index is 5.32. The van der Waals surface area contributed by atoms with Crippen molar-refractivity contribution in [3.63, 3.8) is 0 Å². The molecule has 0 N–H and O–H groups in total. The first-order valence-corrected chi connectivity index (χ1v) is 3.24. The van der Waals surface area contributed by atoms with Gasteiger partial charge < -0.3 is 0 Å². The second-order valence-corrected chi connectivity index (χ2v) is 2.27. The average molecular weight is 222 g/mol. The molecule has 0 saturated heterocycles. The SMILES string of the molecule is C=CCC(F)=C(C(F)(F)F)C(F)(F)F. The highest BCUT2D eigenvalue weighted by molar-refractivity contribution is 5.20. The zero-order chi connectivity index (χ0) is 11.6. The minimum absolute atomic E-state index is 0.618. The molecule has 7 heteroatoms. The molecule has 14 heavy (non-hydrogen) atoms. The lowest BCUT2D eigenvalue weighted by atomic mass is 10.2. The van der Waals surface area contributed by atoms with Gasteiger partial charge in [0.25, 0.3) is 0 Å². The number of alkyl halides is 6. The topological polar surface area (TPSA) is 0 Å². The van der Waals surface area contributed by atoms with E-state index in [9.17, 15) is 30.7 Å². The van der Waals surface area contributed by atoms with Crippen LogP contribution in [-0.4, -0.2) is 12.4 Å². The third kappa shape index (κ3) is 3.39. The Labute approximate surface area is 74.7 Å². The molecule has 0 fully saturated rings. The molecule has 0 rings (SSSR count). The van der Waals surface area contributed by atoms with Crippen LogP contribution in [0.2, 0.25) is 0 Å². The smallest absolute Gasteiger partial charge is 0.211 e. The van der Waals surface area contributed by atoms with Gasteiger partial charge in [0.2, 0.25) is 0 Å². The first kappa shape index (κ1) is 13.0. The van der Waals surface area contributed by atoms with Gasteiger partial charge in [-0.3, -0.25) is 0 Å². The fourth-order valence-electron chi connectivity index (χ4n) is 0.697. The zero-order valence-electron chi connectivity index (χ0n) is 6.64. The predicted octanol–water partition coefficient (Wildman–Crippen LogP) is 3.91. The number of hydrogen-bond donors (Lipinski definition) is 0. The Morgan fingerprint density at radius 1 is 1.00 bits per heavy atom. The van der Waals surface area contributed by atoms with Crippen molar-refractivity contribution in [3.05, 3.63) is 24.1 Å². The summed E-state index contributed by atoms with van der Waals surface area (Å²) in [7, 11) is 0. The number of hydrogen-bond acceptors (Lipinski definition) is 0. The largest absolute Gasteiger partial charge is 0.423 e. The van der Waals surface area contributed by atoms with E-state index in [1.54, 1.807) is 0 Å². The van der Waals surface area contributed by atoms with Crippen molar-refractivity contribution >= 4 is 0 Å². The molecule has 0 amide bonds. The van der Waals surface area contributed by atoms with Crippen LogP contribution < -0.4 is 0 Å². The summed E-state index contributed by atoms with van der Waals surface area (Å²) < 4.78 is 82.9. The highest BCUT2D eigenvalue weighted by Crippen LogP contribution is 2.41. The first-order chi connectivity index (χ1) is 6.10. The maximum atomic E-state index is 12.4. The van der Waals surface area contributed by atoms with Gasteiger partial charge in [-0.1, -0.05) is 6.08 Å². The Morgan fingerprint density at radius 3 is 1.57 bits per heavy atom. The van der Waals surface area contributed by atoms with E-state index in [1.165, 1.54) is 0 Å². The quantitative estimate of drug-likeness (QED) is 0.490. The van der Waals surface area contributed by atoms with Crippen molar-refractivity contribution < 1.29 is 30.7 Å². The van der Waals surface area contributed by atoms with E-state index in [1.807, 2.05) is 0 Å². The van der Waals surface area contributed by atoms with Crippen LogP contribution in [0.1, 0.15) is 6.42 Å². The van der Waals surface area contributed by atoms with Crippen molar-refractivity contribution in [1.29, 1.82) is 0 Å². The summed E-state index contributed by atoms with van der Waals surface area (Å²) in [6.45, 7) is 2.84. The van der Waals surface area contributed by atoms with Gasteiger partial charge in [-0.25, -0.2) is 4.39 Å². The lowest BCUT2D eigenvalue weighted by Crippen LogP contribution is -2.27. The molecule has 0 aromatic rings. The van der Waals surface area contributed by atoms with E-state index < -0.39 is 30.2 Å². The van der Waals surface area contributed by atoms with Crippen LogP contribution in [0.25, 0.3) is 0 Å². The molecule has 0 nitrogen and oxygen atoms in total. The van der Waals surface area contributed by atoms with Crippen molar-refractivity contribution in [2.75, 3.05) is 0 Å². The van der Waals surface area contributed by atoms with Gasteiger partial charge in [-0.2, -0.15) is 26.3 Å². The lowest BCUT2D eigenvalue weighted by molar-refractivity contribution is -0.174. The number of rotatable bonds is 2. The second-order valence-electron chi connectivity index (χ2n) is 2.27. The van der Waals surface area contributed by atoms with Gasteiger partial charge in [0.1, 0.15) is 5.83 Å². The van der Waals surface area contributed by atoms with Crippen molar-refractivity contribution in [2.24, 2.45) is 0 Å². The summed E-state index contributed by atoms with van der Waals surface area (Å²) in [5.41, 5.74) is -3.11. The standard InChI is InChI=1S/C7H5F7/c1-2-3-4(8)5(6(9,10)11)7(12,13)14/h2H,1,3H2. The van der Waals surface area contributed by atoms with E-state index in [2.05, 4.69) is 6.58 Å². The third-order valence-corrected chi connectivity index (χ3v) is 1.16. The Hall–Kier alpha value is -1.01. The van der Waals surface area contributed by atoms with Gasteiger partial charge in [0, 0.05) is 6.42 Å². The van der Waals surface area contributed by atoms with E-state index >= 15 is 0 Å². The summed E-state index contributed by atoms with van der Waals surface area (Å²) in [6.07, 6.45) is -12.0. The fraction of sp³-hybridized carbons (Fsp3) is 0.429. The molecule has 0 aromatic heterocycles. The summed E-state index contributed by atoms with van der Waals surface area (Å²) in [5, 5.41) is 0. The molecule has 82 valence electrons. The van der Waals surface area contributed by atoms with Crippen LogP contribution >= 0.6 is 0 Å². The molecule has 0 spiro atoms. The van der Waals surface area contributed by atoms with Crippen molar-refractivity contribution in [1.82, 2.24) is 0 Å². The lowest BCUT2D eigenvalue weighted by Gasteiger charge is -2.15. The molecule has 0 saturated carbocycles. The average Bonchev–Trinajstić information content (AvgIpc) is 1.78. The van der Waals surface area contributed by atoms with E-state index in [0.29, 0.717) is 6.08 Å². The highest BCUT2D eigenvalue weighted by Gasteiger charge is 2.53. The van der Waals surface area contributed by atoms with E-state index in [-0.39, 0.29) is 0 Å². The van der Waals surface area contributed by atoms with Gasteiger partial charge in [-0.15, -0.1) is 6.58 Å². The fourth-order valence-corrected chi connectivity index (χ4v) is 0.697. The Kier molecular flexibility index (Phi) is 3.73. The highest BCUT2D eigenvalue weighted by atomic mass is 19.4. The Bertz CT molecular complexity index is 226. The van der Waals surface area contributed by atoms with Crippen LogP contribution in [-0.2, 0) is 0 Å². The molecule has 0 bridgehead atoms. The van der Waals surface area contributed by atoms with E-state index in [0.717, 1.165) is 0 Å². The molecular weight excluding hydrogens is 217 g/mol. The molecule has 0 heterocycles.